The van der Waals surface area contributed by atoms with Crippen LogP contribution >= 0.6 is 0 Å². The predicted octanol–water partition coefficient (Wildman–Crippen LogP) is 3.79. The molecule has 0 aliphatic heterocycles. The third kappa shape index (κ3) is 6.27. The van der Waals surface area contributed by atoms with Crippen molar-refractivity contribution in [2.24, 2.45) is 0 Å². The topological polar surface area (TPSA) is 99.1 Å². The zero-order chi connectivity index (χ0) is 23.0. The fourth-order valence-electron chi connectivity index (χ4n) is 3.23. The fourth-order valence-corrected chi connectivity index (χ4v) is 4.40. The zero-order valence-electron chi connectivity index (χ0n) is 17.8. The van der Waals surface area contributed by atoms with Crippen LogP contribution in [-0.2, 0) is 23.0 Å². The maximum atomic E-state index is 12.5. The van der Waals surface area contributed by atoms with E-state index >= 15 is 0 Å². The highest BCUT2D eigenvalue weighted by Crippen LogP contribution is 2.15. The zero-order valence-corrected chi connectivity index (χ0v) is 18.6. The van der Waals surface area contributed by atoms with Gasteiger partial charge >= 0.3 is 0 Å². The van der Waals surface area contributed by atoms with Crippen LogP contribution < -0.4 is 10.0 Å². The lowest BCUT2D eigenvalue weighted by molar-refractivity contribution is 0.0938. The smallest absolute Gasteiger partial charge is 0.251 e. The number of rotatable bonds is 9. The Morgan fingerprint density at radius 3 is 2.28 bits per heavy atom. The van der Waals surface area contributed by atoms with Crippen molar-refractivity contribution in [1.82, 2.24) is 10.0 Å². The van der Waals surface area contributed by atoms with Gasteiger partial charge in [-0.1, -0.05) is 54.6 Å². The molecular weight excluding hydrogens is 422 g/mol. The standard InChI is InChI=1S/C25H25N3O3S/c1-19(11-12-20-7-3-2-4-8-20)28-25(29)22-15-13-21(14-16-22)18-27-32(30,31)24-10-6-5-9-23(24)17-26/h2-10,13-16,19,27H,11-12,18H2,1H3,(H,28,29)/t19-/m0/s1. The summed E-state index contributed by atoms with van der Waals surface area (Å²) in [5, 5.41) is 12.1. The van der Waals surface area contributed by atoms with Gasteiger partial charge in [0.25, 0.3) is 5.91 Å². The number of hydrogen-bond acceptors (Lipinski definition) is 4. The van der Waals surface area contributed by atoms with E-state index in [0.29, 0.717) is 11.1 Å². The van der Waals surface area contributed by atoms with Gasteiger partial charge in [0.2, 0.25) is 10.0 Å². The van der Waals surface area contributed by atoms with Gasteiger partial charge in [-0.15, -0.1) is 0 Å². The van der Waals surface area contributed by atoms with Crippen LogP contribution in [0.15, 0.2) is 83.8 Å². The van der Waals surface area contributed by atoms with E-state index < -0.39 is 10.0 Å². The Balaban J connectivity index is 1.54. The summed E-state index contributed by atoms with van der Waals surface area (Å²) in [5.41, 5.74) is 2.54. The molecule has 0 saturated carbocycles. The molecule has 3 aromatic carbocycles. The van der Waals surface area contributed by atoms with Gasteiger partial charge in [-0.25, -0.2) is 13.1 Å². The highest BCUT2D eigenvalue weighted by atomic mass is 32.2. The number of aryl methyl sites for hydroxylation is 1. The average molecular weight is 448 g/mol. The highest BCUT2D eigenvalue weighted by Gasteiger charge is 2.18. The number of carbonyl (C=O) groups excluding carboxylic acids is 1. The number of carbonyl (C=O) groups is 1. The lowest BCUT2D eigenvalue weighted by Gasteiger charge is -2.14. The molecule has 0 unspecified atom stereocenters. The molecule has 164 valence electrons. The quantitative estimate of drug-likeness (QED) is 0.521. The molecule has 7 heteroatoms. The van der Waals surface area contributed by atoms with E-state index in [-0.39, 0.29) is 29.0 Å². The van der Waals surface area contributed by atoms with Crippen LogP contribution in [0.3, 0.4) is 0 Å². The van der Waals surface area contributed by atoms with Crippen molar-refractivity contribution in [2.45, 2.75) is 37.2 Å². The van der Waals surface area contributed by atoms with Gasteiger partial charge in [-0.2, -0.15) is 5.26 Å². The van der Waals surface area contributed by atoms with E-state index in [2.05, 4.69) is 22.2 Å². The van der Waals surface area contributed by atoms with Crippen LogP contribution in [0.1, 0.15) is 40.4 Å². The Morgan fingerprint density at radius 1 is 0.938 bits per heavy atom. The molecule has 2 N–H and O–H groups in total. The Kier molecular flexibility index (Phi) is 7.77. The second-order valence-corrected chi connectivity index (χ2v) is 9.26. The second kappa shape index (κ2) is 10.7. The van der Waals surface area contributed by atoms with E-state index in [0.717, 1.165) is 12.8 Å². The predicted molar refractivity (Wildman–Crippen MR) is 123 cm³/mol. The molecule has 1 atom stereocenters. The molecule has 0 aliphatic rings. The number of amides is 1. The number of benzene rings is 3. The monoisotopic (exact) mass is 447 g/mol. The molecule has 0 heterocycles. The molecule has 0 spiro atoms. The third-order valence-electron chi connectivity index (χ3n) is 5.07. The SMILES string of the molecule is C[C@@H](CCc1ccccc1)NC(=O)c1ccc(CNS(=O)(=O)c2ccccc2C#N)cc1. The van der Waals surface area contributed by atoms with Gasteiger partial charge in [0.15, 0.2) is 0 Å². The lowest BCUT2D eigenvalue weighted by atomic mass is 10.1. The first kappa shape index (κ1) is 23.2. The summed E-state index contributed by atoms with van der Waals surface area (Å²) in [4.78, 5) is 12.4. The molecule has 0 fully saturated rings. The molecule has 6 nitrogen and oxygen atoms in total. The van der Waals surface area contributed by atoms with Crippen molar-refractivity contribution in [3.63, 3.8) is 0 Å². The number of nitriles is 1. The summed E-state index contributed by atoms with van der Waals surface area (Å²) in [6.07, 6.45) is 1.72. The minimum absolute atomic E-state index is 0.0226. The van der Waals surface area contributed by atoms with Crippen LogP contribution in [-0.4, -0.2) is 20.4 Å². The van der Waals surface area contributed by atoms with Gasteiger partial charge in [-0.05, 0) is 55.2 Å². The molecule has 0 radical (unpaired) electrons. The molecule has 0 saturated heterocycles. The fraction of sp³-hybridized carbons (Fsp3) is 0.200. The highest BCUT2D eigenvalue weighted by molar-refractivity contribution is 7.89. The van der Waals surface area contributed by atoms with Crippen LogP contribution in [0.5, 0.6) is 0 Å². The first-order chi connectivity index (χ1) is 15.4. The minimum atomic E-state index is -3.82. The molecule has 3 rings (SSSR count). The Hall–Kier alpha value is -3.47. The molecule has 0 aliphatic carbocycles. The van der Waals surface area contributed by atoms with Crippen molar-refractivity contribution in [1.29, 1.82) is 5.26 Å². The largest absolute Gasteiger partial charge is 0.350 e. The number of sulfonamides is 1. The van der Waals surface area contributed by atoms with Crippen LogP contribution in [0.25, 0.3) is 0 Å². The van der Waals surface area contributed by atoms with Gasteiger partial charge in [-0.3, -0.25) is 4.79 Å². The van der Waals surface area contributed by atoms with Crippen molar-refractivity contribution in [3.8, 4) is 6.07 Å². The van der Waals surface area contributed by atoms with Crippen molar-refractivity contribution in [3.05, 3.63) is 101 Å². The summed E-state index contributed by atoms with van der Waals surface area (Å²) >= 11 is 0. The van der Waals surface area contributed by atoms with Crippen molar-refractivity contribution < 1.29 is 13.2 Å². The lowest BCUT2D eigenvalue weighted by Crippen LogP contribution is -2.32. The summed E-state index contributed by atoms with van der Waals surface area (Å²) in [7, 11) is -3.82. The van der Waals surface area contributed by atoms with E-state index in [9.17, 15) is 13.2 Å². The Bertz CT molecular complexity index is 1200. The van der Waals surface area contributed by atoms with E-state index in [4.69, 9.17) is 5.26 Å². The number of hydrogen-bond donors (Lipinski definition) is 2. The molecule has 0 bridgehead atoms. The van der Waals surface area contributed by atoms with Crippen molar-refractivity contribution in [2.75, 3.05) is 0 Å². The maximum Gasteiger partial charge on any atom is 0.251 e. The van der Waals surface area contributed by atoms with Crippen LogP contribution in [0.2, 0.25) is 0 Å². The van der Waals surface area contributed by atoms with Crippen LogP contribution in [0, 0.1) is 11.3 Å². The van der Waals surface area contributed by atoms with Crippen LogP contribution in [0.4, 0.5) is 0 Å². The normalized spacial score (nSPS) is 12.0. The third-order valence-corrected chi connectivity index (χ3v) is 6.53. The molecule has 1 amide bonds. The van der Waals surface area contributed by atoms with Crippen molar-refractivity contribution >= 4 is 15.9 Å². The first-order valence-corrected chi connectivity index (χ1v) is 11.8. The average Bonchev–Trinajstić information content (AvgIpc) is 2.82. The van der Waals surface area contributed by atoms with E-state index in [1.54, 1.807) is 36.4 Å². The summed E-state index contributed by atoms with van der Waals surface area (Å²) < 4.78 is 27.5. The van der Waals surface area contributed by atoms with Gasteiger partial charge in [0, 0.05) is 18.2 Å². The van der Waals surface area contributed by atoms with E-state index in [1.807, 2.05) is 31.2 Å². The maximum absolute atomic E-state index is 12.5. The summed E-state index contributed by atoms with van der Waals surface area (Å²) in [6, 6.07) is 24.8. The number of nitrogens with zero attached hydrogens (tertiary/aromatic N) is 1. The molecule has 3 aromatic rings. The number of nitrogens with one attached hydrogen (secondary N) is 2. The molecule has 0 aromatic heterocycles. The van der Waals surface area contributed by atoms with Gasteiger partial charge < -0.3 is 5.32 Å². The molecule has 32 heavy (non-hydrogen) atoms. The van der Waals surface area contributed by atoms with Gasteiger partial charge in [0.1, 0.15) is 6.07 Å². The summed E-state index contributed by atoms with van der Waals surface area (Å²) in [5.74, 6) is -0.166. The Labute approximate surface area is 189 Å². The summed E-state index contributed by atoms with van der Waals surface area (Å²) in [6.45, 7) is 2.03. The Morgan fingerprint density at radius 2 is 1.59 bits per heavy atom. The second-order valence-electron chi connectivity index (χ2n) is 7.53. The molecular formula is C25H25N3O3S. The first-order valence-electron chi connectivity index (χ1n) is 10.3. The van der Waals surface area contributed by atoms with E-state index in [1.165, 1.54) is 17.7 Å². The minimum Gasteiger partial charge on any atom is -0.350 e. The van der Waals surface area contributed by atoms with Gasteiger partial charge in [0.05, 0.1) is 10.5 Å².